The maximum Gasteiger partial charge on any atom is 0.422 e. The Morgan fingerprint density at radius 2 is 1.80 bits per heavy atom. The van der Waals surface area contributed by atoms with E-state index in [9.17, 15) is 23.3 Å². The Bertz CT molecular complexity index is 384. The predicted octanol–water partition coefficient (Wildman–Crippen LogP) is 2.87. The number of nitro groups is 1. The first kappa shape index (κ1) is 11.2. The monoisotopic (exact) mass is 217 g/mol. The minimum Gasteiger partial charge on any atom is -0.259 e. The van der Waals surface area contributed by atoms with E-state index in [1.165, 1.54) is 30.3 Å². The first-order valence-electron chi connectivity index (χ1n) is 3.89. The number of hydrogen-bond donors (Lipinski definition) is 0. The molecule has 0 aliphatic rings. The Morgan fingerprint density at radius 3 is 2.20 bits per heavy atom. The number of benzene rings is 1. The van der Waals surface area contributed by atoms with E-state index in [0.29, 0.717) is 0 Å². The van der Waals surface area contributed by atoms with Crippen LogP contribution in [-0.4, -0.2) is 11.1 Å². The molecule has 0 radical (unpaired) electrons. The zero-order chi connectivity index (χ0) is 11.5. The van der Waals surface area contributed by atoms with Gasteiger partial charge in [0.1, 0.15) is 5.57 Å². The zero-order valence-corrected chi connectivity index (χ0v) is 7.36. The number of nitrogens with zero attached hydrogens (tertiary/aromatic N) is 1. The van der Waals surface area contributed by atoms with Crippen LogP contribution in [0, 0.1) is 10.1 Å². The molecule has 0 aliphatic carbocycles. The Balaban J connectivity index is 3.20. The third-order valence-electron chi connectivity index (χ3n) is 1.62. The van der Waals surface area contributed by atoms with Crippen molar-refractivity contribution in [3.05, 3.63) is 52.2 Å². The zero-order valence-electron chi connectivity index (χ0n) is 7.36. The smallest absolute Gasteiger partial charge is 0.259 e. The number of halogens is 3. The summed E-state index contributed by atoms with van der Waals surface area (Å²) in [5.74, 6) is 0. The largest absolute Gasteiger partial charge is 0.422 e. The second-order valence-corrected chi connectivity index (χ2v) is 2.69. The van der Waals surface area contributed by atoms with Crippen LogP contribution in [0.25, 0.3) is 5.57 Å². The van der Waals surface area contributed by atoms with Crippen LogP contribution in [-0.2, 0) is 0 Å². The second-order valence-electron chi connectivity index (χ2n) is 2.69. The Labute approximate surface area is 83.0 Å². The molecule has 0 saturated carbocycles. The molecule has 80 valence electrons. The van der Waals surface area contributed by atoms with Crippen molar-refractivity contribution in [2.45, 2.75) is 6.18 Å². The van der Waals surface area contributed by atoms with Gasteiger partial charge in [0.15, 0.2) is 0 Å². The van der Waals surface area contributed by atoms with Gasteiger partial charge in [-0.15, -0.1) is 0 Å². The Morgan fingerprint density at radius 1 is 1.27 bits per heavy atom. The lowest BCUT2D eigenvalue weighted by Gasteiger charge is -2.08. The summed E-state index contributed by atoms with van der Waals surface area (Å²) in [4.78, 5) is 8.94. The van der Waals surface area contributed by atoms with Crippen molar-refractivity contribution in [2.24, 2.45) is 0 Å². The molecule has 1 aromatic rings. The summed E-state index contributed by atoms with van der Waals surface area (Å²) >= 11 is 0. The van der Waals surface area contributed by atoms with Crippen LogP contribution in [0.1, 0.15) is 5.56 Å². The van der Waals surface area contributed by atoms with Gasteiger partial charge in [-0.2, -0.15) is 13.2 Å². The molecule has 0 atom stereocenters. The molecule has 0 aromatic heterocycles. The summed E-state index contributed by atoms with van der Waals surface area (Å²) in [6.07, 6.45) is -4.76. The van der Waals surface area contributed by atoms with Crippen molar-refractivity contribution < 1.29 is 18.1 Å². The van der Waals surface area contributed by atoms with E-state index >= 15 is 0 Å². The van der Waals surface area contributed by atoms with Gasteiger partial charge < -0.3 is 0 Å². The lowest BCUT2D eigenvalue weighted by molar-refractivity contribution is -0.402. The molecule has 0 heterocycles. The van der Waals surface area contributed by atoms with E-state index in [0.717, 1.165) is 0 Å². The standard InChI is InChI=1S/C9H6F3NO2/c10-9(11,12)8(6-13(14)15)7-4-2-1-3-5-7/h1-6H/b8-6+. The number of rotatable bonds is 2. The van der Waals surface area contributed by atoms with E-state index < -0.39 is 16.7 Å². The fourth-order valence-electron chi connectivity index (χ4n) is 1.03. The van der Waals surface area contributed by atoms with Crippen LogP contribution in [0.3, 0.4) is 0 Å². The van der Waals surface area contributed by atoms with Gasteiger partial charge in [0.25, 0.3) is 0 Å². The maximum absolute atomic E-state index is 12.4. The third-order valence-corrected chi connectivity index (χ3v) is 1.62. The van der Waals surface area contributed by atoms with Crippen LogP contribution in [0.2, 0.25) is 0 Å². The molecular formula is C9H6F3NO2. The van der Waals surface area contributed by atoms with E-state index in [1.54, 1.807) is 0 Å². The molecule has 0 spiro atoms. The lowest BCUT2D eigenvalue weighted by Crippen LogP contribution is -2.12. The quantitative estimate of drug-likeness (QED) is 0.564. The lowest BCUT2D eigenvalue weighted by atomic mass is 10.1. The number of allylic oxidation sites excluding steroid dienone is 1. The summed E-state index contributed by atoms with van der Waals surface area (Å²) < 4.78 is 37.2. The second kappa shape index (κ2) is 4.12. The van der Waals surface area contributed by atoms with Crippen molar-refractivity contribution in [1.29, 1.82) is 0 Å². The topological polar surface area (TPSA) is 43.1 Å². The molecule has 0 bridgehead atoms. The summed E-state index contributed by atoms with van der Waals surface area (Å²) in [6.45, 7) is 0. The van der Waals surface area contributed by atoms with E-state index in [4.69, 9.17) is 0 Å². The van der Waals surface area contributed by atoms with Gasteiger partial charge in [-0.3, -0.25) is 10.1 Å². The van der Waals surface area contributed by atoms with Crippen LogP contribution < -0.4 is 0 Å². The van der Waals surface area contributed by atoms with Crippen molar-refractivity contribution in [3.8, 4) is 0 Å². The normalized spacial score (nSPS) is 12.6. The molecule has 0 amide bonds. The minimum absolute atomic E-state index is 0.0324. The van der Waals surface area contributed by atoms with Gasteiger partial charge in [0.05, 0.1) is 4.92 Å². The Kier molecular flexibility index (Phi) is 3.08. The molecule has 1 rings (SSSR count). The predicted molar refractivity (Wildman–Crippen MR) is 47.5 cm³/mol. The van der Waals surface area contributed by atoms with Gasteiger partial charge in [-0.1, -0.05) is 30.3 Å². The van der Waals surface area contributed by atoms with Crippen molar-refractivity contribution in [1.82, 2.24) is 0 Å². The summed E-state index contributed by atoms with van der Waals surface area (Å²) in [5.41, 5.74) is -1.48. The Hall–Kier alpha value is -1.85. The highest BCUT2D eigenvalue weighted by atomic mass is 19.4. The molecule has 15 heavy (non-hydrogen) atoms. The van der Waals surface area contributed by atoms with Crippen LogP contribution in [0.15, 0.2) is 36.5 Å². The number of alkyl halides is 3. The molecule has 0 saturated heterocycles. The van der Waals surface area contributed by atoms with Crippen LogP contribution in [0.5, 0.6) is 0 Å². The van der Waals surface area contributed by atoms with Crippen LogP contribution >= 0.6 is 0 Å². The van der Waals surface area contributed by atoms with Gasteiger partial charge in [-0.25, -0.2) is 0 Å². The van der Waals surface area contributed by atoms with E-state index in [1.807, 2.05) is 0 Å². The van der Waals surface area contributed by atoms with E-state index in [-0.39, 0.29) is 11.8 Å². The molecule has 3 nitrogen and oxygen atoms in total. The van der Waals surface area contributed by atoms with Gasteiger partial charge in [0.2, 0.25) is 6.20 Å². The molecular weight excluding hydrogens is 211 g/mol. The average Bonchev–Trinajstić information content (AvgIpc) is 2.14. The average molecular weight is 217 g/mol. The molecule has 0 N–H and O–H groups in total. The van der Waals surface area contributed by atoms with Crippen molar-refractivity contribution in [3.63, 3.8) is 0 Å². The molecule has 0 aliphatic heterocycles. The molecule has 0 unspecified atom stereocenters. The first-order chi connectivity index (χ1) is 6.91. The van der Waals surface area contributed by atoms with Gasteiger partial charge >= 0.3 is 6.18 Å². The summed E-state index contributed by atoms with van der Waals surface area (Å²) in [7, 11) is 0. The SMILES string of the molecule is O=[N+]([O-])/C=C(\c1ccccc1)C(F)(F)F. The first-order valence-corrected chi connectivity index (χ1v) is 3.89. The molecule has 0 fully saturated rings. The highest BCUT2D eigenvalue weighted by Gasteiger charge is 2.37. The van der Waals surface area contributed by atoms with Crippen molar-refractivity contribution in [2.75, 3.05) is 0 Å². The van der Waals surface area contributed by atoms with E-state index in [2.05, 4.69) is 0 Å². The molecule has 1 aromatic carbocycles. The molecule has 6 heteroatoms. The number of hydrogen-bond acceptors (Lipinski definition) is 2. The highest BCUT2D eigenvalue weighted by molar-refractivity contribution is 5.68. The fourth-order valence-corrected chi connectivity index (χ4v) is 1.03. The maximum atomic E-state index is 12.4. The summed E-state index contributed by atoms with van der Waals surface area (Å²) in [6, 6.07) is 6.64. The highest BCUT2D eigenvalue weighted by Crippen LogP contribution is 2.33. The van der Waals surface area contributed by atoms with Gasteiger partial charge in [0, 0.05) is 0 Å². The van der Waals surface area contributed by atoms with Crippen molar-refractivity contribution >= 4 is 5.57 Å². The minimum atomic E-state index is -4.73. The van der Waals surface area contributed by atoms with Gasteiger partial charge in [-0.05, 0) is 5.56 Å². The summed E-state index contributed by atoms with van der Waals surface area (Å²) in [5, 5.41) is 10.1. The third kappa shape index (κ3) is 3.08. The fraction of sp³-hybridized carbons (Fsp3) is 0.111. The van der Waals surface area contributed by atoms with Crippen LogP contribution in [0.4, 0.5) is 13.2 Å².